The summed E-state index contributed by atoms with van der Waals surface area (Å²) in [6, 6.07) is 0. The molecule has 0 atom stereocenters. The first-order chi connectivity index (χ1) is 4.00. The van der Waals surface area contributed by atoms with Crippen LogP contribution in [0.25, 0.3) is 0 Å². The smallest absolute Gasteiger partial charge is 0.110 e. The van der Waals surface area contributed by atoms with Gasteiger partial charge in [0.2, 0.25) is 0 Å². The summed E-state index contributed by atoms with van der Waals surface area (Å²) in [4.78, 5) is 0. The van der Waals surface area contributed by atoms with Crippen LogP contribution in [0.3, 0.4) is 0 Å². The van der Waals surface area contributed by atoms with E-state index in [0.29, 0.717) is 0 Å². The lowest BCUT2D eigenvalue weighted by atomic mass is 10.2. The van der Waals surface area contributed by atoms with Crippen molar-refractivity contribution in [3.8, 4) is 12.0 Å². The van der Waals surface area contributed by atoms with Crippen molar-refractivity contribution in [1.29, 1.82) is 0 Å². The Labute approximate surface area is 50.0 Å². The van der Waals surface area contributed by atoms with E-state index >= 15 is 0 Å². The zero-order valence-electron chi connectivity index (χ0n) is 4.94. The van der Waals surface area contributed by atoms with E-state index in [4.69, 9.17) is 4.74 Å². The van der Waals surface area contributed by atoms with Crippen LogP contribution in [-0.4, -0.2) is 6.61 Å². The molecule has 0 saturated heterocycles. The van der Waals surface area contributed by atoms with Crippen LogP contribution < -0.4 is 0 Å². The first-order valence-electron chi connectivity index (χ1n) is 3.10. The molecular weight excluding hydrogens is 100 g/mol. The van der Waals surface area contributed by atoms with E-state index in [1.165, 1.54) is 19.3 Å². The molecule has 0 saturated carbocycles. The summed E-state index contributed by atoms with van der Waals surface area (Å²) in [5, 5.41) is 0. The molecule has 1 nitrogen and oxygen atoms in total. The molecule has 0 aromatic carbocycles. The lowest BCUT2D eigenvalue weighted by Crippen LogP contribution is -1.90. The average Bonchev–Trinajstić information content (AvgIpc) is 1.62. The van der Waals surface area contributed by atoms with Gasteiger partial charge in [-0.15, -0.1) is 0 Å². The lowest BCUT2D eigenvalue weighted by molar-refractivity contribution is 0.264. The molecule has 1 heterocycles. The summed E-state index contributed by atoms with van der Waals surface area (Å²) in [6.07, 6.45) is 7.35. The van der Waals surface area contributed by atoms with Gasteiger partial charge in [0.05, 0.1) is 0 Å². The molecule has 1 aliphatic heterocycles. The van der Waals surface area contributed by atoms with Gasteiger partial charge in [-0.3, -0.25) is 0 Å². The third-order valence-corrected chi connectivity index (χ3v) is 1.19. The Morgan fingerprint density at radius 1 is 1.12 bits per heavy atom. The Morgan fingerprint density at radius 2 is 2.12 bits per heavy atom. The minimum atomic E-state index is 0.826. The highest BCUT2D eigenvalue weighted by Crippen LogP contribution is 2.00. The highest BCUT2D eigenvalue weighted by molar-refractivity contribution is 4.91. The predicted octanol–water partition coefficient (Wildman–Crippen LogP) is 1.54. The molecule has 0 radical (unpaired) electrons. The van der Waals surface area contributed by atoms with E-state index < -0.39 is 0 Å². The van der Waals surface area contributed by atoms with Gasteiger partial charge in [0.25, 0.3) is 0 Å². The molecule has 0 N–H and O–H groups in total. The fourth-order valence-electron chi connectivity index (χ4n) is 0.717. The standard InChI is InChI=1S/C7H10O/c1-2-4-6-8-7-5-3-1/h1-4,6H2. The maximum Gasteiger partial charge on any atom is 0.110 e. The van der Waals surface area contributed by atoms with Crippen LogP contribution in [0.1, 0.15) is 25.7 Å². The van der Waals surface area contributed by atoms with Crippen molar-refractivity contribution < 1.29 is 4.74 Å². The Morgan fingerprint density at radius 3 is 3.12 bits per heavy atom. The van der Waals surface area contributed by atoms with Crippen molar-refractivity contribution in [2.75, 3.05) is 6.61 Å². The first-order valence-corrected chi connectivity index (χ1v) is 3.10. The van der Waals surface area contributed by atoms with Crippen LogP contribution in [0.2, 0.25) is 0 Å². The summed E-state index contributed by atoms with van der Waals surface area (Å²) in [7, 11) is 0. The highest BCUT2D eigenvalue weighted by atomic mass is 16.5. The average molecular weight is 110 g/mol. The van der Waals surface area contributed by atoms with Crippen LogP contribution in [-0.2, 0) is 4.74 Å². The Kier molecular flexibility index (Phi) is 2.32. The molecule has 0 aromatic heterocycles. The van der Waals surface area contributed by atoms with E-state index in [0.717, 1.165) is 13.0 Å². The molecule has 1 heteroatoms. The largest absolute Gasteiger partial charge is 0.447 e. The fourth-order valence-corrected chi connectivity index (χ4v) is 0.717. The van der Waals surface area contributed by atoms with Gasteiger partial charge in [-0.1, -0.05) is 5.92 Å². The molecule has 0 bridgehead atoms. The third kappa shape index (κ3) is 1.88. The SMILES string of the molecule is C1#COCCCCC1. The van der Waals surface area contributed by atoms with Gasteiger partial charge < -0.3 is 4.74 Å². The molecule has 1 rings (SSSR count). The summed E-state index contributed by atoms with van der Waals surface area (Å²) < 4.78 is 4.91. The second-order valence-electron chi connectivity index (χ2n) is 1.94. The topological polar surface area (TPSA) is 9.23 Å². The molecule has 0 aromatic rings. The second-order valence-corrected chi connectivity index (χ2v) is 1.94. The molecule has 0 aliphatic carbocycles. The summed E-state index contributed by atoms with van der Waals surface area (Å²) >= 11 is 0. The van der Waals surface area contributed by atoms with Gasteiger partial charge >= 0.3 is 0 Å². The fraction of sp³-hybridized carbons (Fsp3) is 0.714. The molecule has 0 unspecified atom stereocenters. The maximum atomic E-state index is 4.91. The van der Waals surface area contributed by atoms with Crippen molar-refractivity contribution in [2.45, 2.75) is 25.7 Å². The summed E-state index contributed by atoms with van der Waals surface area (Å²) in [5.41, 5.74) is 0. The number of hydrogen-bond acceptors (Lipinski definition) is 1. The second kappa shape index (κ2) is 3.37. The van der Waals surface area contributed by atoms with E-state index in [9.17, 15) is 0 Å². The Bertz CT molecular complexity index is 95.3. The van der Waals surface area contributed by atoms with Gasteiger partial charge in [0.1, 0.15) is 12.7 Å². The van der Waals surface area contributed by atoms with E-state index in [2.05, 4.69) is 12.0 Å². The van der Waals surface area contributed by atoms with Crippen LogP contribution in [0.15, 0.2) is 0 Å². The van der Waals surface area contributed by atoms with Gasteiger partial charge in [0.15, 0.2) is 0 Å². The summed E-state index contributed by atoms with van der Waals surface area (Å²) in [6.45, 7) is 0.826. The third-order valence-electron chi connectivity index (χ3n) is 1.19. The molecule has 0 spiro atoms. The van der Waals surface area contributed by atoms with Crippen molar-refractivity contribution in [1.82, 2.24) is 0 Å². The Balaban J connectivity index is 2.24. The van der Waals surface area contributed by atoms with E-state index in [-0.39, 0.29) is 0 Å². The summed E-state index contributed by atoms with van der Waals surface area (Å²) in [5.74, 6) is 2.92. The minimum absolute atomic E-state index is 0.826. The van der Waals surface area contributed by atoms with Crippen molar-refractivity contribution in [3.63, 3.8) is 0 Å². The highest BCUT2D eigenvalue weighted by Gasteiger charge is 1.89. The molecule has 44 valence electrons. The molecule has 0 amide bonds. The zero-order valence-corrected chi connectivity index (χ0v) is 4.94. The molecule has 0 fully saturated rings. The van der Waals surface area contributed by atoms with Crippen molar-refractivity contribution >= 4 is 0 Å². The van der Waals surface area contributed by atoms with E-state index in [1.807, 2.05) is 0 Å². The monoisotopic (exact) mass is 110 g/mol. The number of hydrogen-bond donors (Lipinski definition) is 0. The van der Waals surface area contributed by atoms with Crippen molar-refractivity contribution in [3.05, 3.63) is 0 Å². The minimum Gasteiger partial charge on any atom is -0.447 e. The van der Waals surface area contributed by atoms with Crippen LogP contribution >= 0.6 is 0 Å². The molecule has 8 heavy (non-hydrogen) atoms. The maximum absolute atomic E-state index is 4.91. The molecular formula is C7H10O. The first kappa shape index (κ1) is 5.50. The lowest BCUT2D eigenvalue weighted by Gasteiger charge is -1.99. The van der Waals surface area contributed by atoms with Crippen LogP contribution in [0, 0.1) is 12.0 Å². The van der Waals surface area contributed by atoms with Gasteiger partial charge in [-0.2, -0.15) is 0 Å². The van der Waals surface area contributed by atoms with Crippen LogP contribution in [0.5, 0.6) is 0 Å². The van der Waals surface area contributed by atoms with Crippen molar-refractivity contribution in [2.24, 2.45) is 0 Å². The number of rotatable bonds is 0. The van der Waals surface area contributed by atoms with Gasteiger partial charge in [0, 0.05) is 6.42 Å². The van der Waals surface area contributed by atoms with Gasteiger partial charge in [-0.25, -0.2) is 0 Å². The van der Waals surface area contributed by atoms with Crippen LogP contribution in [0.4, 0.5) is 0 Å². The predicted molar refractivity (Wildman–Crippen MR) is 32.2 cm³/mol. The van der Waals surface area contributed by atoms with E-state index in [1.54, 1.807) is 0 Å². The zero-order chi connectivity index (χ0) is 5.66. The normalized spacial score (nSPS) is 19.0. The van der Waals surface area contributed by atoms with Gasteiger partial charge in [-0.05, 0) is 19.3 Å². The number of ether oxygens (including phenoxy) is 1. The molecule has 1 aliphatic rings. The quantitative estimate of drug-likeness (QED) is 0.430. The Hall–Kier alpha value is -0.640.